The SMILES string of the molecule is COc1cc(-c2cn(C)c(=O)c3cnccc23)cc(OC)c1CNCCOCC(=O)N1CC(COc2ccc3c(c2)C(=O)N(C2CCC(=O)NC2=O)C3=O)C1. The van der Waals surface area contributed by atoms with Gasteiger partial charge >= 0.3 is 0 Å². The van der Waals surface area contributed by atoms with Crippen LogP contribution in [0.2, 0.25) is 0 Å². The van der Waals surface area contributed by atoms with E-state index in [9.17, 15) is 28.8 Å². The normalized spacial score (nSPS) is 17.0. The minimum absolute atomic E-state index is 0.0460. The minimum Gasteiger partial charge on any atom is -0.496 e. The third-order valence-electron chi connectivity index (χ3n) is 10.1. The fraction of sp³-hybridized carbons (Fsp3) is 0.359. The van der Waals surface area contributed by atoms with Crippen LogP contribution in [-0.2, 0) is 32.7 Å². The van der Waals surface area contributed by atoms with Crippen LogP contribution >= 0.6 is 0 Å². The van der Waals surface area contributed by atoms with Crippen molar-refractivity contribution in [3.63, 3.8) is 0 Å². The quantitative estimate of drug-likeness (QED) is 0.140. The minimum atomic E-state index is -1.04. The Kier molecular flexibility index (Phi) is 10.6. The van der Waals surface area contributed by atoms with Gasteiger partial charge in [-0.15, -0.1) is 0 Å². The largest absolute Gasteiger partial charge is 0.496 e. The number of imide groups is 2. The van der Waals surface area contributed by atoms with Gasteiger partial charge in [-0.3, -0.25) is 44.0 Å². The first kappa shape index (κ1) is 37.2. The number of carbonyl (C=O) groups excluding carboxylic acids is 5. The number of rotatable bonds is 14. The van der Waals surface area contributed by atoms with Crippen LogP contribution in [0, 0.1) is 5.92 Å². The molecule has 2 saturated heterocycles. The summed E-state index contributed by atoms with van der Waals surface area (Å²) in [5, 5.41) is 6.79. The number of likely N-dealkylation sites (tertiary alicyclic amines) is 1. The van der Waals surface area contributed by atoms with Crippen LogP contribution in [0.4, 0.5) is 0 Å². The van der Waals surface area contributed by atoms with Crippen molar-refractivity contribution in [1.82, 2.24) is 30.0 Å². The molecule has 2 fully saturated rings. The maximum atomic E-state index is 13.1. The summed E-state index contributed by atoms with van der Waals surface area (Å²) in [6.07, 6.45) is 5.14. The number of pyridine rings is 2. The molecule has 3 aliphatic rings. The fourth-order valence-corrected chi connectivity index (χ4v) is 7.10. The molecule has 5 amide bonds. The molecule has 7 rings (SSSR count). The molecule has 2 N–H and O–H groups in total. The van der Waals surface area contributed by atoms with Gasteiger partial charge in [0.15, 0.2) is 0 Å². The van der Waals surface area contributed by atoms with Crippen molar-refractivity contribution in [2.75, 3.05) is 53.7 Å². The van der Waals surface area contributed by atoms with Gasteiger partial charge < -0.3 is 33.7 Å². The second-order valence-corrected chi connectivity index (χ2v) is 13.6. The van der Waals surface area contributed by atoms with Gasteiger partial charge in [0.2, 0.25) is 17.7 Å². The maximum Gasteiger partial charge on any atom is 0.262 e. The Labute approximate surface area is 315 Å². The van der Waals surface area contributed by atoms with Gasteiger partial charge in [0, 0.05) is 75.3 Å². The van der Waals surface area contributed by atoms with Gasteiger partial charge in [0.05, 0.1) is 43.9 Å². The number of methoxy groups -OCH3 is 2. The zero-order valence-corrected chi connectivity index (χ0v) is 30.6. The third kappa shape index (κ3) is 7.37. The molecule has 0 radical (unpaired) electrons. The molecule has 55 heavy (non-hydrogen) atoms. The van der Waals surface area contributed by atoms with Crippen LogP contribution in [0.1, 0.15) is 39.1 Å². The van der Waals surface area contributed by atoms with Gasteiger partial charge in [0.25, 0.3) is 17.4 Å². The molecule has 2 aromatic heterocycles. The number of ether oxygens (including phenoxy) is 4. The van der Waals surface area contributed by atoms with Gasteiger partial charge in [-0.1, -0.05) is 0 Å². The van der Waals surface area contributed by atoms with Crippen LogP contribution in [0.25, 0.3) is 21.9 Å². The molecular formula is C39H40N6O10. The highest BCUT2D eigenvalue weighted by Crippen LogP contribution is 2.37. The first-order valence-corrected chi connectivity index (χ1v) is 17.8. The topological polar surface area (TPSA) is 188 Å². The highest BCUT2D eigenvalue weighted by atomic mass is 16.5. The smallest absolute Gasteiger partial charge is 0.262 e. The van der Waals surface area contributed by atoms with Crippen molar-refractivity contribution in [3.05, 3.63) is 82.0 Å². The maximum absolute atomic E-state index is 13.1. The van der Waals surface area contributed by atoms with E-state index >= 15 is 0 Å². The molecule has 2 aromatic carbocycles. The first-order valence-electron chi connectivity index (χ1n) is 17.8. The summed E-state index contributed by atoms with van der Waals surface area (Å²) in [5.41, 5.74) is 2.66. The molecule has 16 heteroatoms. The van der Waals surface area contributed by atoms with Crippen molar-refractivity contribution in [2.45, 2.75) is 25.4 Å². The van der Waals surface area contributed by atoms with E-state index in [1.54, 1.807) is 50.8 Å². The van der Waals surface area contributed by atoms with Gasteiger partial charge in [-0.05, 0) is 53.8 Å². The van der Waals surface area contributed by atoms with E-state index in [1.165, 1.54) is 16.7 Å². The molecule has 1 atom stereocenters. The number of carbonyl (C=O) groups is 5. The number of hydrogen-bond donors (Lipinski definition) is 2. The molecule has 5 heterocycles. The summed E-state index contributed by atoms with van der Waals surface area (Å²) in [7, 11) is 4.88. The highest BCUT2D eigenvalue weighted by molar-refractivity contribution is 6.23. The number of aryl methyl sites for hydroxylation is 1. The summed E-state index contributed by atoms with van der Waals surface area (Å²) in [6.45, 7) is 2.41. The Morgan fingerprint density at radius 3 is 2.42 bits per heavy atom. The molecule has 1 unspecified atom stereocenters. The van der Waals surface area contributed by atoms with E-state index in [0.717, 1.165) is 27.0 Å². The Hall–Kier alpha value is -6.13. The van der Waals surface area contributed by atoms with E-state index in [-0.39, 0.29) is 48.0 Å². The zero-order chi connectivity index (χ0) is 38.8. The molecule has 16 nitrogen and oxygen atoms in total. The fourth-order valence-electron chi connectivity index (χ4n) is 7.10. The van der Waals surface area contributed by atoms with Crippen molar-refractivity contribution >= 4 is 40.3 Å². The number of piperidine rings is 1. The van der Waals surface area contributed by atoms with Crippen molar-refractivity contribution in [1.29, 1.82) is 0 Å². The van der Waals surface area contributed by atoms with Gasteiger partial charge in [-0.25, -0.2) is 0 Å². The average molecular weight is 753 g/mol. The van der Waals surface area contributed by atoms with Gasteiger partial charge in [-0.2, -0.15) is 0 Å². The predicted octanol–water partition coefficient (Wildman–Crippen LogP) is 1.66. The lowest BCUT2D eigenvalue weighted by atomic mass is 9.99. The molecule has 0 bridgehead atoms. The number of fused-ring (bicyclic) bond motifs is 2. The summed E-state index contributed by atoms with van der Waals surface area (Å²) in [6, 6.07) is 9.18. The molecule has 0 spiro atoms. The first-order chi connectivity index (χ1) is 26.6. The van der Waals surface area contributed by atoms with E-state index in [0.29, 0.717) is 62.0 Å². The number of benzene rings is 2. The Bertz CT molecular complexity index is 2240. The Morgan fingerprint density at radius 2 is 1.69 bits per heavy atom. The summed E-state index contributed by atoms with van der Waals surface area (Å²) >= 11 is 0. The van der Waals surface area contributed by atoms with E-state index < -0.39 is 29.7 Å². The average Bonchev–Trinajstić information content (AvgIpc) is 3.41. The summed E-state index contributed by atoms with van der Waals surface area (Å²) < 4.78 is 24.6. The number of aromatic nitrogens is 2. The van der Waals surface area contributed by atoms with Crippen LogP contribution in [-0.4, -0.2) is 109 Å². The molecular weight excluding hydrogens is 712 g/mol. The van der Waals surface area contributed by atoms with E-state index in [4.69, 9.17) is 18.9 Å². The predicted molar refractivity (Wildman–Crippen MR) is 197 cm³/mol. The monoisotopic (exact) mass is 752 g/mol. The summed E-state index contributed by atoms with van der Waals surface area (Å²) in [4.78, 5) is 81.9. The lowest BCUT2D eigenvalue weighted by Gasteiger charge is -2.39. The molecule has 0 saturated carbocycles. The lowest BCUT2D eigenvalue weighted by Crippen LogP contribution is -2.54. The molecule has 3 aliphatic heterocycles. The number of amides is 5. The van der Waals surface area contributed by atoms with E-state index in [2.05, 4.69) is 15.6 Å². The van der Waals surface area contributed by atoms with Crippen LogP contribution in [0.3, 0.4) is 0 Å². The summed E-state index contributed by atoms with van der Waals surface area (Å²) in [5.74, 6) is -0.709. The second kappa shape index (κ2) is 15.7. The van der Waals surface area contributed by atoms with Crippen LogP contribution < -0.4 is 30.4 Å². The van der Waals surface area contributed by atoms with Crippen LogP contribution in [0.15, 0.2) is 59.8 Å². The lowest BCUT2D eigenvalue weighted by molar-refractivity contribution is -0.143. The van der Waals surface area contributed by atoms with Crippen LogP contribution in [0.5, 0.6) is 17.2 Å². The van der Waals surface area contributed by atoms with E-state index in [1.807, 2.05) is 18.2 Å². The third-order valence-corrected chi connectivity index (χ3v) is 10.1. The molecule has 0 aliphatic carbocycles. The van der Waals surface area contributed by atoms with Crippen molar-refractivity contribution in [2.24, 2.45) is 13.0 Å². The number of hydrogen-bond acceptors (Lipinski definition) is 12. The zero-order valence-electron chi connectivity index (χ0n) is 30.6. The Balaban J connectivity index is 0.845. The molecule has 286 valence electrons. The Morgan fingerprint density at radius 1 is 0.945 bits per heavy atom. The standard InChI is InChI=1S/C39H40N6O10/c1-43-19-30(25-8-9-40-15-28(25)37(43)49)23-12-32(52-2)29(33(13-23)53-3)16-41-10-11-54-21-35(47)44-17-22(18-44)20-55-24-4-5-26-27(14-24)39(51)45(38(26)50)31-6-7-34(46)42-36(31)48/h4-5,8-9,12-15,19,22,31,41H,6-7,10-11,16-18,20-21H2,1-3H3,(H,42,46,48). The van der Waals surface area contributed by atoms with Gasteiger partial charge in [0.1, 0.15) is 29.9 Å². The number of nitrogens with one attached hydrogen (secondary N) is 2. The number of nitrogens with zero attached hydrogens (tertiary/aromatic N) is 4. The highest BCUT2D eigenvalue weighted by Gasteiger charge is 2.44. The van der Waals surface area contributed by atoms with Crippen molar-refractivity contribution < 1.29 is 42.9 Å². The molecule has 4 aromatic rings. The van der Waals surface area contributed by atoms with Crippen molar-refractivity contribution in [3.8, 4) is 28.4 Å². The second-order valence-electron chi connectivity index (χ2n) is 13.6.